The molecule has 8 heteroatoms. The molecule has 1 unspecified atom stereocenters. The summed E-state index contributed by atoms with van der Waals surface area (Å²) in [5, 5.41) is 7.13. The van der Waals surface area contributed by atoms with Crippen LogP contribution >= 0.6 is 0 Å². The molecule has 1 amide bonds. The first-order valence-corrected chi connectivity index (χ1v) is 10.6. The molecule has 2 heterocycles. The summed E-state index contributed by atoms with van der Waals surface area (Å²) in [5.41, 5.74) is 3.62. The van der Waals surface area contributed by atoms with Gasteiger partial charge in [-0.2, -0.15) is 4.98 Å². The quantitative estimate of drug-likeness (QED) is 0.431. The Morgan fingerprint density at radius 3 is 2.58 bits per heavy atom. The number of aromatic nitrogens is 3. The number of carbonyl (C=O) groups excluding carboxylic acids is 1. The van der Waals surface area contributed by atoms with E-state index in [9.17, 15) is 4.79 Å². The lowest BCUT2D eigenvalue weighted by Crippen LogP contribution is -2.30. The number of methoxy groups -OCH3 is 2. The normalized spacial score (nSPS) is 11.8. The average molecular weight is 447 g/mol. The molecule has 1 atom stereocenters. The summed E-state index contributed by atoms with van der Waals surface area (Å²) >= 11 is 0. The number of hydrogen-bond acceptors (Lipinski definition) is 6. The van der Waals surface area contributed by atoms with Crippen molar-refractivity contribution in [1.29, 1.82) is 0 Å². The van der Waals surface area contributed by atoms with Crippen molar-refractivity contribution in [3.05, 3.63) is 71.9 Å². The molecule has 0 saturated heterocycles. The van der Waals surface area contributed by atoms with E-state index in [0.717, 1.165) is 11.1 Å². The molecule has 8 nitrogen and oxygen atoms in total. The monoisotopic (exact) mass is 446 g/mol. The number of carbonyl (C=O) groups is 1. The topological polar surface area (TPSA) is 91.4 Å². The summed E-state index contributed by atoms with van der Waals surface area (Å²) < 4.78 is 17.9. The van der Waals surface area contributed by atoms with Gasteiger partial charge in [-0.1, -0.05) is 35.0 Å². The molecule has 4 rings (SSSR count). The molecule has 170 valence electrons. The fraction of sp³-hybridized carbons (Fsp3) is 0.240. The fourth-order valence-corrected chi connectivity index (χ4v) is 3.55. The van der Waals surface area contributed by atoms with Gasteiger partial charge in [0.15, 0.2) is 11.5 Å². The van der Waals surface area contributed by atoms with E-state index in [4.69, 9.17) is 14.0 Å². The fourth-order valence-electron chi connectivity index (χ4n) is 3.55. The molecular weight excluding hydrogens is 420 g/mol. The number of hydrogen-bond donors (Lipinski definition) is 1. The first kappa shape index (κ1) is 22.1. The highest BCUT2D eigenvalue weighted by Crippen LogP contribution is 2.32. The van der Waals surface area contributed by atoms with Crippen LogP contribution in [0.5, 0.6) is 11.5 Å². The van der Waals surface area contributed by atoms with Gasteiger partial charge in [0.2, 0.25) is 11.7 Å². The van der Waals surface area contributed by atoms with Gasteiger partial charge in [0.1, 0.15) is 12.2 Å². The zero-order chi connectivity index (χ0) is 23.4. The third-order valence-corrected chi connectivity index (χ3v) is 5.39. The van der Waals surface area contributed by atoms with Crippen molar-refractivity contribution in [2.75, 3.05) is 14.2 Å². The van der Waals surface area contributed by atoms with Crippen LogP contribution in [-0.4, -0.2) is 34.8 Å². The van der Waals surface area contributed by atoms with Crippen molar-refractivity contribution < 1.29 is 18.8 Å². The number of ether oxygens (including phenoxy) is 2. The van der Waals surface area contributed by atoms with E-state index in [1.807, 2.05) is 62.5 Å². The highest BCUT2D eigenvalue weighted by Gasteiger charge is 2.17. The number of amides is 1. The number of aryl methyl sites for hydroxylation is 1. The van der Waals surface area contributed by atoms with Crippen molar-refractivity contribution in [3.63, 3.8) is 0 Å². The van der Waals surface area contributed by atoms with Crippen molar-refractivity contribution >= 4 is 5.91 Å². The number of rotatable bonds is 8. The van der Waals surface area contributed by atoms with Gasteiger partial charge in [0.25, 0.3) is 5.89 Å². The lowest BCUT2D eigenvalue weighted by atomic mass is 10.1. The average Bonchev–Trinajstić information content (AvgIpc) is 3.48. The van der Waals surface area contributed by atoms with Gasteiger partial charge in [0, 0.05) is 11.8 Å². The number of nitrogens with one attached hydrogen (secondary N) is 1. The van der Waals surface area contributed by atoms with E-state index >= 15 is 0 Å². The largest absolute Gasteiger partial charge is 0.493 e. The minimum Gasteiger partial charge on any atom is -0.493 e. The van der Waals surface area contributed by atoms with Gasteiger partial charge in [-0.25, -0.2) is 0 Å². The second-order valence-corrected chi connectivity index (χ2v) is 7.71. The summed E-state index contributed by atoms with van der Waals surface area (Å²) in [7, 11) is 3.15. The molecular formula is C25H26N4O4. The molecule has 0 fully saturated rings. The summed E-state index contributed by atoms with van der Waals surface area (Å²) in [6, 6.07) is 17.1. The molecule has 0 aliphatic carbocycles. The molecule has 0 radical (unpaired) electrons. The Labute approximate surface area is 192 Å². The van der Waals surface area contributed by atoms with Crippen molar-refractivity contribution in [2.24, 2.45) is 0 Å². The molecule has 1 N–H and O–H groups in total. The molecule has 2 aromatic carbocycles. The Bertz CT molecular complexity index is 1240. The van der Waals surface area contributed by atoms with Crippen LogP contribution in [0.25, 0.3) is 23.0 Å². The lowest BCUT2D eigenvalue weighted by Gasteiger charge is -2.15. The third kappa shape index (κ3) is 4.90. The van der Waals surface area contributed by atoms with E-state index in [-0.39, 0.29) is 18.5 Å². The standard InChI is InChI=1S/C25H26N4O4/c1-16-7-9-18(10-8-16)17(2)26-23(30)15-29-13-5-6-20(29)25-27-24(28-33-25)19-11-12-21(31-3)22(14-19)32-4/h5-14,17H,15H2,1-4H3,(H,26,30). The first-order chi connectivity index (χ1) is 16.0. The van der Waals surface area contributed by atoms with E-state index in [2.05, 4.69) is 15.5 Å². The van der Waals surface area contributed by atoms with Crippen LogP contribution in [0.4, 0.5) is 0 Å². The van der Waals surface area contributed by atoms with Crippen molar-refractivity contribution in [1.82, 2.24) is 20.0 Å². The van der Waals surface area contributed by atoms with Gasteiger partial charge in [-0.3, -0.25) is 4.79 Å². The molecule has 0 saturated carbocycles. The van der Waals surface area contributed by atoms with E-state index in [1.165, 1.54) is 5.56 Å². The Morgan fingerprint density at radius 1 is 1.09 bits per heavy atom. The second-order valence-electron chi connectivity index (χ2n) is 7.71. The van der Waals surface area contributed by atoms with Gasteiger partial charge in [-0.15, -0.1) is 0 Å². The molecule has 33 heavy (non-hydrogen) atoms. The van der Waals surface area contributed by atoms with Crippen LogP contribution < -0.4 is 14.8 Å². The summed E-state index contributed by atoms with van der Waals surface area (Å²) in [5.74, 6) is 1.81. The van der Waals surface area contributed by atoms with Gasteiger partial charge >= 0.3 is 0 Å². The van der Waals surface area contributed by atoms with Crippen LogP contribution in [0.2, 0.25) is 0 Å². The maximum absolute atomic E-state index is 12.7. The molecule has 0 spiro atoms. The van der Waals surface area contributed by atoms with Crippen molar-refractivity contribution in [3.8, 4) is 34.5 Å². The molecule has 0 aliphatic rings. The second kappa shape index (κ2) is 9.60. The van der Waals surface area contributed by atoms with Crippen LogP contribution in [0, 0.1) is 6.92 Å². The minimum atomic E-state index is -0.111. The van der Waals surface area contributed by atoms with E-state index in [0.29, 0.717) is 28.9 Å². The minimum absolute atomic E-state index is 0.0998. The van der Waals surface area contributed by atoms with Crippen LogP contribution in [0.3, 0.4) is 0 Å². The zero-order valence-electron chi connectivity index (χ0n) is 19.0. The maximum atomic E-state index is 12.7. The SMILES string of the molecule is COc1ccc(-c2noc(-c3cccn3CC(=O)NC(C)c3ccc(C)cc3)n2)cc1OC. The van der Waals surface area contributed by atoms with Gasteiger partial charge in [0.05, 0.1) is 20.3 Å². The van der Waals surface area contributed by atoms with Crippen LogP contribution in [0.15, 0.2) is 65.3 Å². The zero-order valence-corrected chi connectivity index (χ0v) is 19.0. The molecule has 2 aromatic heterocycles. The van der Waals surface area contributed by atoms with Crippen LogP contribution in [0.1, 0.15) is 24.1 Å². The third-order valence-electron chi connectivity index (χ3n) is 5.39. The van der Waals surface area contributed by atoms with E-state index in [1.54, 1.807) is 30.9 Å². The molecule has 4 aromatic rings. The predicted molar refractivity (Wildman–Crippen MR) is 124 cm³/mol. The number of benzene rings is 2. The predicted octanol–water partition coefficient (Wildman–Crippen LogP) is 4.41. The molecule has 0 bridgehead atoms. The van der Waals surface area contributed by atoms with Crippen molar-refractivity contribution in [2.45, 2.75) is 26.4 Å². The lowest BCUT2D eigenvalue weighted by molar-refractivity contribution is -0.122. The highest BCUT2D eigenvalue weighted by atomic mass is 16.5. The van der Waals surface area contributed by atoms with Crippen LogP contribution in [-0.2, 0) is 11.3 Å². The summed E-state index contributed by atoms with van der Waals surface area (Å²) in [4.78, 5) is 17.2. The Hall–Kier alpha value is -4.07. The first-order valence-electron chi connectivity index (χ1n) is 10.6. The maximum Gasteiger partial charge on any atom is 0.274 e. The Balaban J connectivity index is 1.48. The Morgan fingerprint density at radius 2 is 1.85 bits per heavy atom. The van der Waals surface area contributed by atoms with Gasteiger partial charge < -0.3 is 23.9 Å². The van der Waals surface area contributed by atoms with Gasteiger partial charge in [-0.05, 0) is 49.7 Å². The number of nitrogens with zero attached hydrogens (tertiary/aromatic N) is 3. The van der Waals surface area contributed by atoms with E-state index < -0.39 is 0 Å². The summed E-state index contributed by atoms with van der Waals surface area (Å²) in [6.07, 6.45) is 1.81. The highest BCUT2D eigenvalue weighted by molar-refractivity contribution is 5.77. The summed E-state index contributed by atoms with van der Waals surface area (Å²) in [6.45, 7) is 4.13. The Kier molecular flexibility index (Phi) is 6.44. The smallest absolute Gasteiger partial charge is 0.274 e. The molecule has 0 aliphatic heterocycles.